The van der Waals surface area contributed by atoms with Crippen LogP contribution in [0.5, 0.6) is 5.75 Å². The van der Waals surface area contributed by atoms with E-state index in [2.05, 4.69) is 19.7 Å². The van der Waals surface area contributed by atoms with E-state index in [-0.39, 0.29) is 29.9 Å². The van der Waals surface area contributed by atoms with Crippen molar-refractivity contribution in [3.8, 4) is 5.75 Å². The van der Waals surface area contributed by atoms with Gasteiger partial charge in [-0.15, -0.1) is 13.2 Å². The maximum Gasteiger partial charge on any atom is 0.573 e. The van der Waals surface area contributed by atoms with Crippen LogP contribution in [-0.2, 0) is 25.0 Å². The third kappa shape index (κ3) is 5.12. The number of alkyl halides is 3. The van der Waals surface area contributed by atoms with Gasteiger partial charge in [0.15, 0.2) is 10.8 Å². The van der Waals surface area contributed by atoms with Gasteiger partial charge in [0.2, 0.25) is 10.0 Å². The van der Waals surface area contributed by atoms with Gasteiger partial charge in [-0.2, -0.15) is 9.29 Å². The van der Waals surface area contributed by atoms with E-state index < -0.39 is 34.1 Å². The molecule has 1 aliphatic carbocycles. The largest absolute Gasteiger partial charge is 0.573 e. The molecule has 5 rings (SSSR count). The molecule has 2 fully saturated rings. The molecule has 1 N–H and O–H groups in total. The SMILES string of the molecule is COCC1(c2ncc3sc(N4CCN(S(=O)(=O)c5ccc(OC(F)(F)F)cc5)[C@@H](C(=O)O)C4)nc3n2)CC1. The smallest absolute Gasteiger partial charge is 0.480 e. The molecule has 11 nitrogen and oxygen atoms in total. The van der Waals surface area contributed by atoms with Crippen LogP contribution in [0.4, 0.5) is 18.3 Å². The Morgan fingerprint density at radius 3 is 2.53 bits per heavy atom. The lowest BCUT2D eigenvalue weighted by molar-refractivity contribution is -0.274. The van der Waals surface area contributed by atoms with Gasteiger partial charge in [0, 0.05) is 26.7 Å². The molecule has 1 aliphatic heterocycles. The maximum absolute atomic E-state index is 13.2. The van der Waals surface area contributed by atoms with Crippen LogP contribution in [0, 0.1) is 0 Å². The zero-order chi connectivity index (χ0) is 27.3. The number of anilines is 1. The normalized spacial score (nSPS) is 20.0. The van der Waals surface area contributed by atoms with E-state index in [0.717, 1.165) is 41.4 Å². The molecule has 3 aromatic rings. The van der Waals surface area contributed by atoms with Gasteiger partial charge >= 0.3 is 12.3 Å². The molecule has 1 saturated carbocycles. The number of methoxy groups -OCH3 is 1. The van der Waals surface area contributed by atoms with Gasteiger partial charge in [-0.3, -0.25) is 4.79 Å². The van der Waals surface area contributed by atoms with E-state index in [0.29, 0.717) is 27.9 Å². The number of rotatable bonds is 8. The van der Waals surface area contributed by atoms with E-state index in [1.807, 2.05) is 0 Å². The molecule has 0 bridgehead atoms. The van der Waals surface area contributed by atoms with Crippen molar-refractivity contribution in [1.82, 2.24) is 19.3 Å². The fourth-order valence-electron chi connectivity index (χ4n) is 4.35. The lowest BCUT2D eigenvalue weighted by Gasteiger charge is -2.38. The zero-order valence-electron chi connectivity index (χ0n) is 19.9. The molecule has 1 saturated heterocycles. The maximum atomic E-state index is 13.2. The molecular weight excluding hydrogens is 551 g/mol. The highest BCUT2D eigenvalue weighted by atomic mass is 32.2. The first-order valence-corrected chi connectivity index (χ1v) is 13.7. The number of fused-ring (bicyclic) bond motifs is 1. The number of thiazole rings is 1. The van der Waals surface area contributed by atoms with Crippen LogP contribution in [0.25, 0.3) is 10.3 Å². The second-order valence-electron chi connectivity index (χ2n) is 9.03. The fourth-order valence-corrected chi connectivity index (χ4v) is 6.83. The van der Waals surface area contributed by atoms with Gasteiger partial charge < -0.3 is 19.5 Å². The summed E-state index contributed by atoms with van der Waals surface area (Å²) in [6.07, 6.45) is -1.42. The summed E-state index contributed by atoms with van der Waals surface area (Å²) in [5, 5.41) is 10.3. The van der Waals surface area contributed by atoms with Crippen LogP contribution in [0.1, 0.15) is 18.7 Å². The molecule has 3 heterocycles. The molecule has 2 aromatic heterocycles. The monoisotopic (exact) mass is 573 g/mol. The third-order valence-corrected chi connectivity index (χ3v) is 9.40. The number of halogens is 3. The Morgan fingerprint density at radius 2 is 1.92 bits per heavy atom. The van der Waals surface area contributed by atoms with Gasteiger partial charge in [0.05, 0.1) is 27.8 Å². The number of aromatic nitrogens is 3. The summed E-state index contributed by atoms with van der Waals surface area (Å²) in [4.78, 5) is 27.1. The summed E-state index contributed by atoms with van der Waals surface area (Å²) < 4.78 is 74.3. The molecule has 0 spiro atoms. The standard InChI is InChI=1S/C22H22F3N5O6S2/c1-35-12-21(6-7-21)19-26-10-16-17(27-19)28-20(37-16)29-8-9-30(15(11-29)18(31)32)38(33,34)14-4-2-13(3-5-14)36-22(23,24)25/h2-5,10,15H,6-9,11-12H2,1H3,(H,31,32)/t15-/m1/s1. The number of carboxylic acid groups (broad SMARTS) is 1. The Morgan fingerprint density at radius 1 is 1.21 bits per heavy atom. The number of benzene rings is 1. The Kier molecular flexibility index (Phi) is 6.69. The first-order valence-electron chi connectivity index (χ1n) is 11.4. The summed E-state index contributed by atoms with van der Waals surface area (Å²) in [5.41, 5.74) is 0.263. The highest BCUT2D eigenvalue weighted by Crippen LogP contribution is 2.47. The molecule has 0 amide bonds. The second-order valence-corrected chi connectivity index (χ2v) is 11.9. The quantitative estimate of drug-likeness (QED) is 0.429. The van der Waals surface area contributed by atoms with Crippen molar-refractivity contribution in [2.45, 2.75) is 35.6 Å². The van der Waals surface area contributed by atoms with E-state index in [1.165, 1.54) is 11.3 Å². The number of nitrogens with zero attached hydrogens (tertiary/aromatic N) is 5. The summed E-state index contributed by atoms with van der Waals surface area (Å²) in [7, 11) is -2.71. The fraction of sp³-hybridized carbons (Fsp3) is 0.455. The minimum atomic E-state index is -4.93. The summed E-state index contributed by atoms with van der Waals surface area (Å²) >= 11 is 1.27. The van der Waals surface area contributed by atoms with Crippen molar-refractivity contribution in [2.24, 2.45) is 0 Å². The van der Waals surface area contributed by atoms with Crippen LogP contribution in [0.2, 0.25) is 0 Å². The van der Waals surface area contributed by atoms with Crippen LogP contribution in [0.15, 0.2) is 35.4 Å². The highest BCUT2D eigenvalue weighted by Gasteiger charge is 2.47. The topological polar surface area (TPSA) is 135 Å². The van der Waals surface area contributed by atoms with Gasteiger partial charge in [-0.05, 0) is 37.1 Å². The van der Waals surface area contributed by atoms with Crippen LogP contribution < -0.4 is 9.64 Å². The van der Waals surface area contributed by atoms with E-state index in [9.17, 15) is 31.5 Å². The van der Waals surface area contributed by atoms with Gasteiger partial charge in [-0.1, -0.05) is 11.3 Å². The number of hydrogen-bond donors (Lipinski definition) is 1. The molecule has 1 atom stereocenters. The molecule has 0 radical (unpaired) electrons. The van der Waals surface area contributed by atoms with Gasteiger partial charge in [-0.25, -0.2) is 18.4 Å². The number of aliphatic carboxylic acids is 1. The minimum absolute atomic E-state index is 0.145. The minimum Gasteiger partial charge on any atom is -0.480 e. The number of ether oxygens (including phenoxy) is 2. The van der Waals surface area contributed by atoms with Crippen molar-refractivity contribution in [3.05, 3.63) is 36.3 Å². The highest BCUT2D eigenvalue weighted by molar-refractivity contribution is 7.89. The molecular formula is C22H22F3N5O6S2. The van der Waals surface area contributed by atoms with E-state index in [4.69, 9.17) is 4.74 Å². The van der Waals surface area contributed by atoms with Crippen molar-refractivity contribution in [3.63, 3.8) is 0 Å². The molecule has 2 aliphatic rings. The Labute approximate surface area is 218 Å². The van der Waals surface area contributed by atoms with Crippen molar-refractivity contribution in [1.29, 1.82) is 0 Å². The summed E-state index contributed by atoms with van der Waals surface area (Å²) in [6, 6.07) is 2.16. The zero-order valence-corrected chi connectivity index (χ0v) is 21.5. The lowest BCUT2D eigenvalue weighted by atomic mass is 10.1. The van der Waals surface area contributed by atoms with E-state index in [1.54, 1.807) is 18.2 Å². The average molecular weight is 574 g/mol. The summed E-state index contributed by atoms with van der Waals surface area (Å²) in [6.45, 7) is 0.289. The van der Waals surface area contributed by atoms with E-state index >= 15 is 0 Å². The predicted molar refractivity (Wildman–Crippen MR) is 129 cm³/mol. The van der Waals surface area contributed by atoms with Gasteiger partial charge in [0.1, 0.15) is 17.6 Å². The molecule has 204 valence electrons. The molecule has 38 heavy (non-hydrogen) atoms. The number of carbonyl (C=O) groups is 1. The Bertz CT molecular complexity index is 1460. The first kappa shape index (κ1) is 26.5. The van der Waals surface area contributed by atoms with Crippen LogP contribution in [0.3, 0.4) is 0 Å². The summed E-state index contributed by atoms with van der Waals surface area (Å²) in [5.74, 6) is -1.31. The third-order valence-electron chi connectivity index (χ3n) is 6.44. The average Bonchev–Trinajstić information content (AvgIpc) is 3.51. The van der Waals surface area contributed by atoms with Crippen LogP contribution >= 0.6 is 11.3 Å². The second kappa shape index (κ2) is 9.59. The number of sulfonamides is 1. The van der Waals surface area contributed by atoms with Crippen molar-refractivity contribution >= 4 is 42.8 Å². The molecule has 1 aromatic carbocycles. The Balaban J connectivity index is 1.36. The number of carboxylic acids is 1. The Hall–Kier alpha value is -3.08. The van der Waals surface area contributed by atoms with Crippen molar-refractivity contribution in [2.75, 3.05) is 38.3 Å². The molecule has 16 heteroatoms. The lowest BCUT2D eigenvalue weighted by Crippen LogP contribution is -2.58. The number of piperazine rings is 1. The number of hydrogen-bond acceptors (Lipinski definition) is 10. The first-order chi connectivity index (χ1) is 17.9. The predicted octanol–water partition coefficient (Wildman–Crippen LogP) is 2.63. The molecule has 0 unspecified atom stereocenters. The van der Waals surface area contributed by atoms with Crippen molar-refractivity contribution < 1.29 is 41.0 Å². The van der Waals surface area contributed by atoms with Crippen LogP contribution in [-0.4, -0.2) is 84.5 Å². The van der Waals surface area contributed by atoms with Gasteiger partial charge in [0.25, 0.3) is 0 Å².